The van der Waals surface area contributed by atoms with E-state index >= 15 is 0 Å². The summed E-state index contributed by atoms with van der Waals surface area (Å²) in [5, 5.41) is 8.30. The second kappa shape index (κ2) is 6.68. The number of carbonyl (C=O) groups is 1. The molecule has 1 amide bonds. The van der Waals surface area contributed by atoms with Gasteiger partial charge in [0.05, 0.1) is 16.9 Å². The Bertz CT molecular complexity index is 1060. The van der Waals surface area contributed by atoms with Gasteiger partial charge in [-0.3, -0.25) is 14.4 Å². The highest BCUT2D eigenvalue weighted by atomic mass is 32.1. The van der Waals surface area contributed by atoms with E-state index in [1.807, 2.05) is 0 Å². The molecule has 0 fully saturated rings. The molecule has 0 atom stereocenters. The van der Waals surface area contributed by atoms with Gasteiger partial charge in [0.2, 0.25) is 5.76 Å². The lowest BCUT2D eigenvalue weighted by molar-refractivity contribution is 0.0950. The molecule has 3 aromatic heterocycles. The summed E-state index contributed by atoms with van der Waals surface area (Å²) in [7, 11) is 0. The number of halogens is 1. The molecule has 132 valence electrons. The highest BCUT2D eigenvalue weighted by Crippen LogP contribution is 2.31. The molecule has 0 N–H and O–H groups in total. The Kier molecular flexibility index (Phi) is 4.21. The molecule has 0 unspecified atom stereocenters. The molecular formula is C17H14FN5O2S. The molecule has 26 heavy (non-hydrogen) atoms. The van der Waals surface area contributed by atoms with Crippen LogP contribution in [0, 0.1) is 12.7 Å². The number of benzene rings is 1. The number of fused-ring (bicyclic) bond motifs is 1. The molecule has 7 nitrogen and oxygen atoms in total. The van der Waals surface area contributed by atoms with Gasteiger partial charge in [-0.15, -0.1) is 0 Å². The lowest BCUT2D eigenvalue weighted by Crippen LogP contribution is -2.33. The zero-order valence-corrected chi connectivity index (χ0v) is 14.6. The summed E-state index contributed by atoms with van der Waals surface area (Å²) in [4.78, 5) is 18.7. The Hall–Kier alpha value is -3.07. The van der Waals surface area contributed by atoms with Crippen LogP contribution in [-0.4, -0.2) is 32.4 Å². The molecule has 0 aliphatic rings. The standard InChI is InChI=1S/C17H14FN5O2S/c1-11-10-13(25-21-11)16(24)23(9-8-22-7-3-6-19-22)17-20-15-12(18)4-2-5-14(15)26-17/h2-7,10H,8-9H2,1H3. The smallest absolute Gasteiger partial charge is 0.298 e. The number of amides is 1. The van der Waals surface area contributed by atoms with Crippen molar-refractivity contribution < 1.29 is 13.7 Å². The van der Waals surface area contributed by atoms with Crippen LogP contribution in [0.3, 0.4) is 0 Å². The first kappa shape index (κ1) is 16.4. The highest BCUT2D eigenvalue weighted by molar-refractivity contribution is 7.22. The summed E-state index contributed by atoms with van der Waals surface area (Å²) >= 11 is 1.25. The van der Waals surface area contributed by atoms with Gasteiger partial charge in [0, 0.05) is 25.0 Å². The van der Waals surface area contributed by atoms with Crippen molar-refractivity contribution in [3.8, 4) is 0 Å². The monoisotopic (exact) mass is 371 g/mol. The van der Waals surface area contributed by atoms with Crippen LogP contribution in [0.2, 0.25) is 0 Å². The van der Waals surface area contributed by atoms with Gasteiger partial charge in [-0.2, -0.15) is 5.10 Å². The summed E-state index contributed by atoms with van der Waals surface area (Å²) < 4.78 is 21.5. The molecule has 0 aliphatic carbocycles. The van der Waals surface area contributed by atoms with Gasteiger partial charge in [-0.1, -0.05) is 22.6 Å². The van der Waals surface area contributed by atoms with Crippen molar-refractivity contribution in [2.24, 2.45) is 0 Å². The van der Waals surface area contributed by atoms with Gasteiger partial charge in [0.1, 0.15) is 11.3 Å². The van der Waals surface area contributed by atoms with Gasteiger partial charge in [-0.25, -0.2) is 9.37 Å². The Morgan fingerprint density at radius 3 is 2.96 bits per heavy atom. The maximum Gasteiger partial charge on any atom is 0.298 e. The first-order chi connectivity index (χ1) is 12.6. The Balaban J connectivity index is 1.70. The minimum atomic E-state index is -0.417. The van der Waals surface area contributed by atoms with Crippen molar-refractivity contribution in [2.75, 3.05) is 11.4 Å². The average Bonchev–Trinajstić information content (AvgIpc) is 3.35. The SMILES string of the molecule is Cc1cc(C(=O)N(CCn2cccn2)c2nc3c(F)cccc3s2)on1. The number of thiazole rings is 1. The lowest BCUT2D eigenvalue weighted by atomic mass is 10.3. The first-order valence-electron chi connectivity index (χ1n) is 7.89. The van der Waals surface area contributed by atoms with E-state index in [-0.39, 0.29) is 17.2 Å². The van der Waals surface area contributed by atoms with Crippen molar-refractivity contribution in [3.05, 3.63) is 60.0 Å². The van der Waals surface area contributed by atoms with Crippen LogP contribution in [0.4, 0.5) is 9.52 Å². The normalized spacial score (nSPS) is 11.2. The van der Waals surface area contributed by atoms with E-state index in [0.29, 0.717) is 28.6 Å². The number of aryl methyl sites for hydroxylation is 1. The number of para-hydroxylation sites is 1. The molecule has 3 heterocycles. The summed E-state index contributed by atoms with van der Waals surface area (Å²) in [6.45, 7) is 2.51. The number of carbonyl (C=O) groups excluding carboxylic acids is 1. The zero-order valence-electron chi connectivity index (χ0n) is 13.8. The number of hydrogen-bond donors (Lipinski definition) is 0. The molecule has 4 aromatic rings. The molecule has 9 heteroatoms. The van der Waals surface area contributed by atoms with Crippen molar-refractivity contribution in [1.82, 2.24) is 19.9 Å². The van der Waals surface area contributed by atoms with Gasteiger partial charge < -0.3 is 4.52 Å². The fraction of sp³-hybridized carbons (Fsp3) is 0.176. The van der Waals surface area contributed by atoms with E-state index in [1.54, 1.807) is 48.3 Å². The largest absolute Gasteiger partial charge is 0.351 e. The van der Waals surface area contributed by atoms with Crippen LogP contribution in [-0.2, 0) is 6.54 Å². The minimum Gasteiger partial charge on any atom is -0.351 e. The summed E-state index contributed by atoms with van der Waals surface area (Å²) in [6.07, 6.45) is 3.47. The van der Waals surface area contributed by atoms with Crippen molar-refractivity contribution in [3.63, 3.8) is 0 Å². The van der Waals surface area contributed by atoms with Crippen LogP contribution in [0.15, 0.2) is 47.2 Å². The van der Waals surface area contributed by atoms with Crippen molar-refractivity contribution in [2.45, 2.75) is 13.5 Å². The van der Waals surface area contributed by atoms with Crippen LogP contribution in [0.1, 0.15) is 16.2 Å². The van der Waals surface area contributed by atoms with E-state index in [1.165, 1.54) is 22.3 Å². The maximum atomic E-state index is 14.0. The van der Waals surface area contributed by atoms with Gasteiger partial charge >= 0.3 is 0 Å². The average molecular weight is 371 g/mol. The molecule has 0 bridgehead atoms. The molecule has 1 aromatic carbocycles. The maximum absolute atomic E-state index is 14.0. The molecule has 4 rings (SSSR count). The van der Waals surface area contributed by atoms with Crippen LogP contribution >= 0.6 is 11.3 Å². The lowest BCUT2D eigenvalue weighted by Gasteiger charge is -2.18. The summed E-state index contributed by atoms with van der Waals surface area (Å²) in [6, 6.07) is 8.11. The molecule has 0 saturated heterocycles. The number of hydrogen-bond acceptors (Lipinski definition) is 6. The van der Waals surface area contributed by atoms with Gasteiger partial charge in [0.15, 0.2) is 5.13 Å². The second-order valence-electron chi connectivity index (χ2n) is 5.64. The fourth-order valence-corrected chi connectivity index (χ4v) is 3.54. The van der Waals surface area contributed by atoms with Crippen molar-refractivity contribution >= 4 is 32.6 Å². The van der Waals surface area contributed by atoms with Crippen LogP contribution in [0.5, 0.6) is 0 Å². The number of aromatic nitrogens is 4. The van der Waals surface area contributed by atoms with Crippen LogP contribution in [0.25, 0.3) is 10.2 Å². The highest BCUT2D eigenvalue weighted by Gasteiger charge is 2.25. The van der Waals surface area contributed by atoms with E-state index in [0.717, 1.165) is 0 Å². The summed E-state index contributed by atoms with van der Waals surface area (Å²) in [5.74, 6) is -0.681. The van der Waals surface area contributed by atoms with Crippen molar-refractivity contribution in [1.29, 1.82) is 0 Å². The van der Waals surface area contributed by atoms with E-state index in [2.05, 4.69) is 15.2 Å². The van der Waals surface area contributed by atoms with E-state index < -0.39 is 5.82 Å². The first-order valence-corrected chi connectivity index (χ1v) is 8.71. The Morgan fingerprint density at radius 1 is 1.38 bits per heavy atom. The topological polar surface area (TPSA) is 77.0 Å². The van der Waals surface area contributed by atoms with Gasteiger partial charge in [0.25, 0.3) is 5.91 Å². The predicted octanol–water partition coefficient (Wildman–Crippen LogP) is 3.28. The summed E-state index contributed by atoms with van der Waals surface area (Å²) in [5.41, 5.74) is 0.855. The Morgan fingerprint density at radius 2 is 2.27 bits per heavy atom. The third-order valence-electron chi connectivity index (χ3n) is 3.79. The van der Waals surface area contributed by atoms with Crippen LogP contribution < -0.4 is 4.90 Å². The molecule has 0 spiro atoms. The zero-order chi connectivity index (χ0) is 18.1. The fourth-order valence-electron chi connectivity index (χ4n) is 2.54. The molecule has 0 radical (unpaired) electrons. The molecule has 0 aliphatic heterocycles. The Labute approximate surface area is 151 Å². The van der Waals surface area contributed by atoms with E-state index in [9.17, 15) is 9.18 Å². The number of nitrogens with zero attached hydrogens (tertiary/aromatic N) is 5. The predicted molar refractivity (Wildman–Crippen MR) is 94.7 cm³/mol. The number of anilines is 1. The molecular weight excluding hydrogens is 357 g/mol. The number of rotatable bonds is 5. The quantitative estimate of drug-likeness (QED) is 0.538. The van der Waals surface area contributed by atoms with E-state index in [4.69, 9.17) is 4.52 Å². The van der Waals surface area contributed by atoms with Gasteiger partial charge in [-0.05, 0) is 25.1 Å². The third-order valence-corrected chi connectivity index (χ3v) is 4.83. The third kappa shape index (κ3) is 3.08. The molecule has 0 saturated carbocycles. The minimum absolute atomic E-state index is 0.114. The second-order valence-corrected chi connectivity index (χ2v) is 6.65.